The van der Waals surface area contributed by atoms with Gasteiger partial charge in [-0.2, -0.15) is 0 Å². The van der Waals surface area contributed by atoms with Crippen LogP contribution in [0.2, 0.25) is 0 Å². The van der Waals surface area contributed by atoms with E-state index in [1.807, 2.05) is 0 Å². The lowest BCUT2D eigenvalue weighted by Gasteiger charge is -2.07. The number of hydrogen-bond donors (Lipinski definition) is 0. The van der Waals surface area contributed by atoms with E-state index in [1.54, 1.807) is 24.3 Å². The van der Waals surface area contributed by atoms with Crippen molar-refractivity contribution < 1.29 is 14.3 Å². The smallest absolute Gasteiger partial charge is 0.311 e. The molecule has 0 amide bonds. The fraction of sp³-hybridized carbons (Fsp3) is 0.600. The van der Waals surface area contributed by atoms with Crippen molar-refractivity contribution >= 4 is 11.8 Å². The number of para-hydroxylation sites is 1. The fourth-order valence-electron chi connectivity index (χ4n) is 2.60. The molecule has 0 saturated carbocycles. The molecule has 0 spiro atoms. The van der Waals surface area contributed by atoms with Crippen LogP contribution in [0, 0.1) is 0 Å². The van der Waals surface area contributed by atoms with Crippen molar-refractivity contribution in [3.63, 3.8) is 0 Å². The molecule has 0 unspecified atom stereocenters. The molecule has 0 saturated heterocycles. The summed E-state index contributed by atoms with van der Waals surface area (Å²) in [6, 6.07) is 6.90. The molecule has 1 rings (SSSR count). The molecule has 0 heterocycles. The van der Waals surface area contributed by atoms with Gasteiger partial charge in [0.05, 0.1) is 5.56 Å². The fourth-order valence-corrected chi connectivity index (χ4v) is 2.60. The minimum Gasteiger partial charge on any atom is -0.426 e. The van der Waals surface area contributed by atoms with Crippen molar-refractivity contribution in [3.8, 4) is 5.75 Å². The van der Waals surface area contributed by atoms with E-state index in [-0.39, 0.29) is 11.8 Å². The maximum atomic E-state index is 11.9. The zero-order chi connectivity index (χ0) is 16.9. The highest BCUT2D eigenvalue weighted by Gasteiger charge is 2.11. The van der Waals surface area contributed by atoms with Crippen LogP contribution in [-0.4, -0.2) is 11.8 Å². The summed E-state index contributed by atoms with van der Waals surface area (Å²) in [5.41, 5.74) is 0.466. The van der Waals surface area contributed by atoms with Crippen molar-refractivity contribution in [1.82, 2.24) is 0 Å². The van der Waals surface area contributed by atoms with Gasteiger partial charge in [-0.15, -0.1) is 0 Å². The van der Waals surface area contributed by atoms with Gasteiger partial charge < -0.3 is 4.74 Å². The Morgan fingerprint density at radius 2 is 1.43 bits per heavy atom. The Hall–Kier alpha value is -1.64. The van der Waals surface area contributed by atoms with E-state index in [0.29, 0.717) is 17.7 Å². The first-order valence-corrected chi connectivity index (χ1v) is 8.95. The Bertz CT molecular complexity index is 480. The topological polar surface area (TPSA) is 43.4 Å². The Balaban J connectivity index is 2.15. The van der Waals surface area contributed by atoms with Gasteiger partial charge >= 0.3 is 5.97 Å². The molecule has 0 aliphatic heterocycles. The molecule has 128 valence electrons. The maximum Gasteiger partial charge on any atom is 0.311 e. The normalized spacial score (nSPS) is 10.5. The second-order valence-electron chi connectivity index (χ2n) is 6.10. The van der Waals surface area contributed by atoms with Crippen LogP contribution in [0.4, 0.5) is 0 Å². The summed E-state index contributed by atoms with van der Waals surface area (Å²) < 4.78 is 5.32. The monoisotopic (exact) mass is 318 g/mol. The average molecular weight is 318 g/mol. The van der Waals surface area contributed by atoms with Crippen LogP contribution in [0.1, 0.15) is 88.4 Å². The summed E-state index contributed by atoms with van der Waals surface area (Å²) in [4.78, 5) is 23.3. The van der Waals surface area contributed by atoms with Crippen LogP contribution in [0.15, 0.2) is 24.3 Å². The third-order valence-electron chi connectivity index (χ3n) is 3.97. The molecule has 0 radical (unpaired) electrons. The van der Waals surface area contributed by atoms with Gasteiger partial charge in [0.15, 0.2) is 5.78 Å². The van der Waals surface area contributed by atoms with Crippen molar-refractivity contribution in [2.45, 2.75) is 78.1 Å². The van der Waals surface area contributed by atoms with E-state index in [9.17, 15) is 9.59 Å². The van der Waals surface area contributed by atoms with Gasteiger partial charge in [0.2, 0.25) is 0 Å². The third kappa shape index (κ3) is 8.53. The highest BCUT2D eigenvalue weighted by molar-refractivity contribution is 5.97. The standard InChI is InChI=1S/C20H30O3/c1-3-4-5-6-7-8-9-10-11-16-20(22)23-19-15-13-12-14-18(19)17(2)21/h12-15H,3-11,16H2,1-2H3. The first-order valence-electron chi connectivity index (χ1n) is 8.95. The third-order valence-corrected chi connectivity index (χ3v) is 3.97. The zero-order valence-corrected chi connectivity index (χ0v) is 14.6. The first-order chi connectivity index (χ1) is 11.1. The predicted molar refractivity (Wildman–Crippen MR) is 93.9 cm³/mol. The summed E-state index contributed by atoms with van der Waals surface area (Å²) >= 11 is 0. The molecule has 0 fully saturated rings. The van der Waals surface area contributed by atoms with Crippen LogP contribution in [0.5, 0.6) is 5.75 Å². The van der Waals surface area contributed by atoms with Gasteiger partial charge in [-0.05, 0) is 25.5 Å². The number of Topliss-reactive ketones (excluding diaryl/α,β-unsaturated/α-hetero) is 1. The molecule has 23 heavy (non-hydrogen) atoms. The highest BCUT2D eigenvalue weighted by Crippen LogP contribution is 2.19. The second-order valence-corrected chi connectivity index (χ2v) is 6.10. The predicted octanol–water partition coefficient (Wildman–Crippen LogP) is 5.72. The van der Waals surface area contributed by atoms with E-state index in [1.165, 1.54) is 51.9 Å². The zero-order valence-electron chi connectivity index (χ0n) is 14.6. The molecule has 0 aromatic heterocycles. The molecule has 0 bridgehead atoms. The summed E-state index contributed by atoms with van der Waals surface area (Å²) in [7, 11) is 0. The number of unbranched alkanes of at least 4 members (excludes halogenated alkanes) is 8. The lowest BCUT2D eigenvalue weighted by atomic mass is 10.1. The minimum absolute atomic E-state index is 0.0866. The molecule has 3 nitrogen and oxygen atoms in total. The van der Waals surface area contributed by atoms with Gasteiger partial charge in [0, 0.05) is 6.42 Å². The number of ether oxygens (including phenoxy) is 1. The molecular formula is C20H30O3. The van der Waals surface area contributed by atoms with Crippen LogP contribution in [-0.2, 0) is 4.79 Å². The Kier molecular flexibility index (Phi) is 10.0. The summed E-state index contributed by atoms with van der Waals surface area (Å²) in [5, 5.41) is 0. The van der Waals surface area contributed by atoms with Crippen molar-refractivity contribution in [2.75, 3.05) is 0 Å². The number of rotatable bonds is 12. The van der Waals surface area contributed by atoms with Gasteiger partial charge in [0.25, 0.3) is 0 Å². The Morgan fingerprint density at radius 1 is 0.870 bits per heavy atom. The van der Waals surface area contributed by atoms with Crippen molar-refractivity contribution in [3.05, 3.63) is 29.8 Å². The molecule has 0 aliphatic carbocycles. The Labute approximate surface area is 140 Å². The molecule has 1 aromatic carbocycles. The minimum atomic E-state index is -0.248. The Morgan fingerprint density at radius 3 is 2.04 bits per heavy atom. The molecule has 0 aliphatic rings. The SMILES string of the molecule is CCCCCCCCCCCC(=O)Oc1ccccc1C(C)=O. The van der Waals surface area contributed by atoms with Gasteiger partial charge in [-0.25, -0.2) is 0 Å². The second kappa shape index (κ2) is 11.9. The average Bonchev–Trinajstić information content (AvgIpc) is 2.53. The number of esters is 1. The highest BCUT2D eigenvalue weighted by atomic mass is 16.5. The van der Waals surface area contributed by atoms with Gasteiger partial charge in [-0.1, -0.05) is 70.4 Å². The van der Waals surface area contributed by atoms with E-state index in [0.717, 1.165) is 12.8 Å². The molecule has 3 heteroatoms. The molecule has 1 aromatic rings. The summed E-state index contributed by atoms with van der Waals surface area (Å²) in [6.45, 7) is 3.71. The number of carbonyl (C=O) groups is 2. The van der Waals surface area contributed by atoms with Gasteiger partial charge in [0.1, 0.15) is 5.75 Å². The van der Waals surface area contributed by atoms with Crippen molar-refractivity contribution in [1.29, 1.82) is 0 Å². The van der Waals surface area contributed by atoms with E-state index in [4.69, 9.17) is 4.74 Å². The molecule has 0 N–H and O–H groups in total. The number of benzene rings is 1. The summed E-state index contributed by atoms with van der Waals surface area (Å²) in [6.07, 6.45) is 11.4. The van der Waals surface area contributed by atoms with Crippen LogP contribution < -0.4 is 4.74 Å². The lowest BCUT2D eigenvalue weighted by molar-refractivity contribution is -0.134. The molecular weight excluding hydrogens is 288 g/mol. The van der Waals surface area contributed by atoms with Crippen molar-refractivity contribution in [2.24, 2.45) is 0 Å². The van der Waals surface area contributed by atoms with E-state index in [2.05, 4.69) is 6.92 Å². The maximum absolute atomic E-state index is 11.9. The summed E-state index contributed by atoms with van der Waals surface area (Å²) in [5.74, 6) is 0.0408. The van der Waals surface area contributed by atoms with E-state index >= 15 is 0 Å². The van der Waals surface area contributed by atoms with Crippen LogP contribution >= 0.6 is 0 Å². The quantitative estimate of drug-likeness (QED) is 0.214. The largest absolute Gasteiger partial charge is 0.426 e. The lowest BCUT2D eigenvalue weighted by Crippen LogP contribution is -2.10. The van der Waals surface area contributed by atoms with Crippen LogP contribution in [0.25, 0.3) is 0 Å². The van der Waals surface area contributed by atoms with E-state index < -0.39 is 0 Å². The van der Waals surface area contributed by atoms with Crippen LogP contribution in [0.3, 0.4) is 0 Å². The number of hydrogen-bond acceptors (Lipinski definition) is 3. The molecule has 0 atom stereocenters. The number of carbonyl (C=O) groups excluding carboxylic acids is 2. The first kappa shape index (κ1) is 19.4. The van der Waals surface area contributed by atoms with Gasteiger partial charge in [-0.3, -0.25) is 9.59 Å². The number of ketones is 1.